The van der Waals surface area contributed by atoms with Crippen LogP contribution in [-0.4, -0.2) is 13.7 Å². The fourth-order valence-corrected chi connectivity index (χ4v) is 2.68. The van der Waals surface area contributed by atoms with Gasteiger partial charge in [0.05, 0.1) is 11.3 Å². The second-order valence-corrected chi connectivity index (χ2v) is 5.64. The molecule has 0 N–H and O–H groups in total. The first-order chi connectivity index (χ1) is 5.04. The van der Waals surface area contributed by atoms with Crippen LogP contribution in [0.25, 0.3) is 0 Å². The minimum absolute atomic E-state index is 0.117. The van der Waals surface area contributed by atoms with Gasteiger partial charge in [-0.15, -0.1) is 0 Å². The molecule has 0 aromatic heterocycles. The molecule has 1 aliphatic carbocycles. The zero-order valence-electron chi connectivity index (χ0n) is 5.83. The number of rotatable bonds is 1. The van der Waals surface area contributed by atoms with Crippen molar-refractivity contribution >= 4 is 19.7 Å². The Hall–Kier alpha value is -0.270. The van der Waals surface area contributed by atoms with Crippen LogP contribution in [0.2, 0.25) is 0 Å². The van der Waals surface area contributed by atoms with Crippen LogP contribution in [-0.2, 0) is 9.05 Å². The van der Waals surface area contributed by atoms with Gasteiger partial charge in [0.1, 0.15) is 0 Å². The third-order valence-electron chi connectivity index (χ3n) is 1.97. The van der Waals surface area contributed by atoms with E-state index in [0.717, 1.165) is 0 Å². The van der Waals surface area contributed by atoms with Gasteiger partial charge in [-0.1, -0.05) is 0 Å². The molecule has 0 aliphatic heterocycles. The first kappa shape index (κ1) is 8.82. The van der Waals surface area contributed by atoms with Crippen molar-refractivity contribution in [3.8, 4) is 6.07 Å². The van der Waals surface area contributed by atoms with Crippen molar-refractivity contribution in [3.63, 3.8) is 0 Å². The molecule has 1 fully saturated rings. The molecule has 0 spiro atoms. The van der Waals surface area contributed by atoms with Crippen molar-refractivity contribution in [1.29, 1.82) is 5.26 Å². The highest BCUT2D eigenvalue weighted by Crippen LogP contribution is 2.31. The summed E-state index contributed by atoms with van der Waals surface area (Å²) < 4.78 is 21.5. The van der Waals surface area contributed by atoms with E-state index in [0.29, 0.717) is 19.3 Å². The van der Waals surface area contributed by atoms with E-state index in [1.54, 1.807) is 0 Å². The molecule has 0 amide bonds. The summed E-state index contributed by atoms with van der Waals surface area (Å²) in [5.41, 5.74) is 0. The monoisotopic (exact) mass is 193 g/mol. The Morgan fingerprint density at radius 1 is 1.45 bits per heavy atom. The molecular formula is C6H8ClNO2S. The summed E-state index contributed by atoms with van der Waals surface area (Å²) in [4.78, 5) is 0. The minimum atomic E-state index is -3.42. The van der Waals surface area contributed by atoms with Crippen LogP contribution in [0.1, 0.15) is 19.3 Å². The van der Waals surface area contributed by atoms with E-state index in [1.807, 2.05) is 6.07 Å². The van der Waals surface area contributed by atoms with Crippen molar-refractivity contribution in [3.05, 3.63) is 0 Å². The molecule has 1 saturated carbocycles. The smallest absolute Gasteiger partial charge is 0.212 e. The Morgan fingerprint density at radius 3 is 2.36 bits per heavy atom. The van der Waals surface area contributed by atoms with Gasteiger partial charge < -0.3 is 0 Å². The van der Waals surface area contributed by atoms with Gasteiger partial charge in [-0.3, -0.25) is 0 Å². The maximum Gasteiger partial charge on any atom is 0.235 e. The van der Waals surface area contributed by atoms with E-state index in [1.165, 1.54) is 0 Å². The van der Waals surface area contributed by atoms with Gasteiger partial charge in [-0.2, -0.15) is 5.26 Å². The zero-order valence-corrected chi connectivity index (χ0v) is 7.40. The van der Waals surface area contributed by atoms with Crippen molar-refractivity contribution in [1.82, 2.24) is 0 Å². The van der Waals surface area contributed by atoms with Gasteiger partial charge >= 0.3 is 0 Å². The summed E-state index contributed by atoms with van der Waals surface area (Å²) >= 11 is 0. The number of halogens is 1. The van der Waals surface area contributed by atoms with Gasteiger partial charge in [0.2, 0.25) is 9.05 Å². The molecule has 0 aromatic carbocycles. The Bertz CT molecular complexity index is 279. The number of nitriles is 1. The molecule has 11 heavy (non-hydrogen) atoms. The lowest BCUT2D eigenvalue weighted by Crippen LogP contribution is -2.11. The molecule has 0 radical (unpaired) electrons. The molecule has 0 saturated heterocycles. The maximum absolute atomic E-state index is 10.8. The van der Waals surface area contributed by atoms with E-state index in [4.69, 9.17) is 15.9 Å². The average Bonchev–Trinajstić information content (AvgIpc) is 2.32. The second-order valence-electron chi connectivity index (χ2n) is 2.74. The van der Waals surface area contributed by atoms with Crippen LogP contribution in [0.3, 0.4) is 0 Å². The van der Waals surface area contributed by atoms with E-state index in [-0.39, 0.29) is 5.92 Å². The van der Waals surface area contributed by atoms with Gasteiger partial charge in [0.25, 0.3) is 0 Å². The topological polar surface area (TPSA) is 57.9 Å². The SMILES string of the molecule is N#C[C@@H]1CC[C@@H](S(=O)(=O)Cl)C1. The highest BCUT2D eigenvalue weighted by Gasteiger charge is 2.32. The van der Waals surface area contributed by atoms with Gasteiger partial charge in [-0.05, 0) is 19.3 Å². The van der Waals surface area contributed by atoms with Crippen LogP contribution < -0.4 is 0 Å². The van der Waals surface area contributed by atoms with Crippen LogP contribution in [0.5, 0.6) is 0 Å². The van der Waals surface area contributed by atoms with Crippen LogP contribution in [0, 0.1) is 17.2 Å². The highest BCUT2D eigenvalue weighted by atomic mass is 35.7. The van der Waals surface area contributed by atoms with E-state index >= 15 is 0 Å². The van der Waals surface area contributed by atoms with Crippen molar-refractivity contribution in [2.24, 2.45) is 5.92 Å². The van der Waals surface area contributed by atoms with E-state index in [2.05, 4.69) is 0 Å². The molecule has 62 valence electrons. The van der Waals surface area contributed by atoms with Crippen LogP contribution in [0.4, 0.5) is 0 Å². The summed E-state index contributed by atoms with van der Waals surface area (Å²) in [7, 11) is 1.70. The third-order valence-corrected chi connectivity index (χ3v) is 3.95. The highest BCUT2D eigenvalue weighted by molar-refractivity contribution is 8.14. The molecule has 0 bridgehead atoms. The van der Waals surface area contributed by atoms with E-state index < -0.39 is 14.3 Å². The largest absolute Gasteiger partial charge is 0.235 e. The average molecular weight is 194 g/mol. The normalized spacial score (nSPS) is 31.6. The molecule has 1 aliphatic rings. The summed E-state index contributed by atoms with van der Waals surface area (Å²) in [6, 6.07) is 2.04. The summed E-state index contributed by atoms with van der Waals surface area (Å²) in [5.74, 6) is -0.117. The van der Waals surface area contributed by atoms with Crippen molar-refractivity contribution < 1.29 is 8.42 Å². The second kappa shape index (κ2) is 3.00. The fourth-order valence-electron chi connectivity index (χ4n) is 1.31. The molecular weight excluding hydrogens is 186 g/mol. The Morgan fingerprint density at radius 2 is 2.09 bits per heavy atom. The molecule has 1 rings (SSSR count). The standard InChI is InChI=1S/C6H8ClNO2S/c7-11(9,10)6-2-1-5(3-6)4-8/h5-6H,1-3H2/t5-,6-/m1/s1. The first-order valence-corrected chi connectivity index (χ1v) is 5.74. The van der Waals surface area contributed by atoms with Crippen molar-refractivity contribution in [2.45, 2.75) is 24.5 Å². The number of hydrogen-bond donors (Lipinski definition) is 0. The number of hydrogen-bond acceptors (Lipinski definition) is 3. The minimum Gasteiger partial charge on any atom is -0.212 e. The predicted octanol–water partition coefficient (Wildman–Crippen LogP) is 1.25. The Labute approximate surface area is 70.4 Å². The molecule has 0 heterocycles. The third kappa shape index (κ3) is 2.08. The zero-order chi connectivity index (χ0) is 8.48. The lowest BCUT2D eigenvalue weighted by atomic mass is 10.1. The van der Waals surface area contributed by atoms with E-state index in [9.17, 15) is 8.42 Å². The van der Waals surface area contributed by atoms with Crippen LogP contribution >= 0.6 is 10.7 Å². The predicted molar refractivity (Wildman–Crippen MR) is 41.5 cm³/mol. The first-order valence-electron chi connectivity index (χ1n) is 3.37. The summed E-state index contributed by atoms with van der Waals surface area (Å²) in [5, 5.41) is 7.97. The lowest BCUT2D eigenvalue weighted by molar-refractivity contribution is 0.592. The summed E-state index contributed by atoms with van der Waals surface area (Å²) in [6.07, 6.45) is 1.60. The van der Waals surface area contributed by atoms with Crippen molar-refractivity contribution in [2.75, 3.05) is 0 Å². The molecule has 3 nitrogen and oxygen atoms in total. The maximum atomic E-state index is 10.8. The molecule has 5 heteroatoms. The Kier molecular flexibility index (Phi) is 2.40. The Balaban J connectivity index is 2.64. The summed E-state index contributed by atoms with van der Waals surface area (Å²) in [6.45, 7) is 0. The lowest BCUT2D eigenvalue weighted by Gasteiger charge is -2.01. The molecule has 0 unspecified atom stereocenters. The number of nitrogens with zero attached hydrogens (tertiary/aromatic N) is 1. The quantitative estimate of drug-likeness (QED) is 0.589. The molecule has 0 aromatic rings. The van der Waals surface area contributed by atoms with Gasteiger partial charge in [0.15, 0.2) is 0 Å². The van der Waals surface area contributed by atoms with Crippen LogP contribution in [0.15, 0.2) is 0 Å². The molecule has 2 atom stereocenters. The fraction of sp³-hybridized carbons (Fsp3) is 0.833. The van der Waals surface area contributed by atoms with Gasteiger partial charge in [0, 0.05) is 16.6 Å². The van der Waals surface area contributed by atoms with Gasteiger partial charge in [-0.25, -0.2) is 8.42 Å².